The third-order valence-electron chi connectivity index (χ3n) is 4.81. The number of hydrogen-bond donors (Lipinski definition) is 1. The van der Waals surface area contributed by atoms with E-state index < -0.39 is 0 Å². The molecule has 30 heavy (non-hydrogen) atoms. The van der Waals surface area contributed by atoms with Crippen molar-refractivity contribution in [3.8, 4) is 16.9 Å². The van der Waals surface area contributed by atoms with Gasteiger partial charge in [-0.05, 0) is 41.5 Å². The van der Waals surface area contributed by atoms with Crippen LogP contribution in [0.5, 0.6) is 5.75 Å². The van der Waals surface area contributed by atoms with Crippen LogP contribution in [0.15, 0.2) is 71.7 Å². The lowest BCUT2D eigenvalue weighted by molar-refractivity contribution is 0.415. The van der Waals surface area contributed by atoms with Crippen LogP contribution < -0.4 is 10.1 Å². The number of anilines is 1. The molecule has 3 aromatic rings. The third kappa shape index (κ3) is 4.81. The number of fused-ring (bicyclic) bond motifs is 1. The van der Waals surface area contributed by atoms with Crippen LogP contribution in [0.2, 0.25) is 10.0 Å². The molecule has 1 heterocycles. The van der Waals surface area contributed by atoms with Crippen LogP contribution in [0.25, 0.3) is 17.2 Å². The molecule has 4 rings (SSSR count). The first kappa shape index (κ1) is 22.2. The van der Waals surface area contributed by atoms with Crippen LogP contribution in [-0.2, 0) is 0 Å². The van der Waals surface area contributed by atoms with Gasteiger partial charge in [0, 0.05) is 17.7 Å². The van der Waals surface area contributed by atoms with Crippen molar-refractivity contribution in [2.75, 3.05) is 25.5 Å². The smallest absolute Gasteiger partial charge is 0.118 e. The Morgan fingerprint density at radius 1 is 0.933 bits per heavy atom. The number of para-hydroxylation sites is 1. The van der Waals surface area contributed by atoms with Crippen molar-refractivity contribution in [3.63, 3.8) is 0 Å². The first-order valence-electron chi connectivity index (χ1n) is 9.35. The minimum absolute atomic E-state index is 0. The van der Waals surface area contributed by atoms with Crippen LogP contribution in [0.4, 0.5) is 5.69 Å². The van der Waals surface area contributed by atoms with Crippen LogP contribution >= 0.6 is 35.6 Å². The molecule has 0 atom stereocenters. The molecular formula is C24H21Cl3N2O. The summed E-state index contributed by atoms with van der Waals surface area (Å²) in [6.45, 7) is 1.49. The summed E-state index contributed by atoms with van der Waals surface area (Å²) in [7, 11) is 1.67. The van der Waals surface area contributed by atoms with Crippen molar-refractivity contribution >= 4 is 53.1 Å². The minimum Gasteiger partial charge on any atom is -0.497 e. The Hall–Kier alpha value is -2.46. The maximum absolute atomic E-state index is 6.14. The Balaban J connectivity index is 0.00000256. The highest BCUT2D eigenvalue weighted by atomic mass is 35.5. The molecule has 1 N–H and O–H groups in total. The fourth-order valence-electron chi connectivity index (χ4n) is 3.34. The zero-order valence-corrected chi connectivity index (χ0v) is 18.7. The zero-order valence-electron chi connectivity index (χ0n) is 16.4. The monoisotopic (exact) mass is 458 g/mol. The van der Waals surface area contributed by atoms with Gasteiger partial charge in [0.1, 0.15) is 5.75 Å². The predicted molar refractivity (Wildman–Crippen MR) is 131 cm³/mol. The van der Waals surface area contributed by atoms with Crippen LogP contribution in [-0.4, -0.2) is 25.9 Å². The number of nitrogens with zero attached hydrogens (tertiary/aromatic N) is 1. The van der Waals surface area contributed by atoms with Gasteiger partial charge in [0.25, 0.3) is 0 Å². The Morgan fingerprint density at radius 3 is 2.43 bits per heavy atom. The average molecular weight is 460 g/mol. The SMILES string of the molecule is COc1ccc(-c2cccc3c2NCCN=C3C=Cc2ccc(Cl)c(Cl)c2)cc1.Cl. The molecule has 154 valence electrons. The first-order chi connectivity index (χ1) is 14.2. The second kappa shape index (κ2) is 10.0. The van der Waals surface area contributed by atoms with Crippen molar-refractivity contribution in [1.29, 1.82) is 0 Å². The molecule has 0 aliphatic carbocycles. The molecule has 6 heteroatoms. The fourth-order valence-corrected chi connectivity index (χ4v) is 3.65. The Morgan fingerprint density at radius 2 is 1.70 bits per heavy atom. The summed E-state index contributed by atoms with van der Waals surface area (Å²) in [5.41, 5.74) is 6.35. The number of methoxy groups -OCH3 is 1. The highest BCUT2D eigenvalue weighted by Crippen LogP contribution is 2.33. The van der Waals surface area contributed by atoms with E-state index in [2.05, 4.69) is 35.6 Å². The van der Waals surface area contributed by atoms with Gasteiger partial charge in [0.15, 0.2) is 0 Å². The van der Waals surface area contributed by atoms with Gasteiger partial charge in [0.2, 0.25) is 0 Å². The summed E-state index contributed by atoms with van der Waals surface area (Å²) in [6.07, 6.45) is 4.04. The van der Waals surface area contributed by atoms with Crippen LogP contribution in [0, 0.1) is 0 Å². The second-order valence-corrected chi connectivity index (χ2v) is 7.47. The number of nitrogens with one attached hydrogen (secondary N) is 1. The highest BCUT2D eigenvalue weighted by molar-refractivity contribution is 6.42. The first-order valence-corrected chi connectivity index (χ1v) is 10.1. The molecule has 0 saturated carbocycles. The van der Waals surface area contributed by atoms with Crippen molar-refractivity contribution in [1.82, 2.24) is 0 Å². The maximum Gasteiger partial charge on any atom is 0.118 e. The summed E-state index contributed by atoms with van der Waals surface area (Å²) in [4.78, 5) is 4.77. The van der Waals surface area contributed by atoms with E-state index in [9.17, 15) is 0 Å². The zero-order chi connectivity index (χ0) is 20.2. The number of rotatable bonds is 4. The van der Waals surface area contributed by atoms with Crippen LogP contribution in [0.3, 0.4) is 0 Å². The van der Waals surface area contributed by atoms with E-state index in [1.54, 1.807) is 13.2 Å². The van der Waals surface area contributed by atoms with Crippen molar-refractivity contribution in [3.05, 3.63) is 87.9 Å². The van der Waals surface area contributed by atoms with E-state index in [1.807, 2.05) is 36.4 Å². The molecule has 0 fully saturated rings. The van der Waals surface area contributed by atoms with Gasteiger partial charge in [-0.15, -0.1) is 12.4 Å². The Bertz CT molecular complexity index is 1090. The number of benzene rings is 3. The quantitative estimate of drug-likeness (QED) is 0.455. The van der Waals surface area contributed by atoms with Gasteiger partial charge in [-0.3, -0.25) is 4.99 Å². The fraction of sp³-hybridized carbons (Fsp3) is 0.125. The van der Waals surface area contributed by atoms with E-state index in [1.165, 1.54) is 0 Å². The molecule has 0 spiro atoms. The van der Waals surface area contributed by atoms with E-state index in [4.69, 9.17) is 32.9 Å². The molecule has 0 bridgehead atoms. The average Bonchev–Trinajstić information content (AvgIpc) is 2.97. The standard InChI is InChI=1S/C24H20Cl2N2O.ClH/c1-29-18-9-7-17(8-10-18)19-3-2-4-20-23(27-13-14-28-24(19)20)12-6-16-5-11-21(25)22(26)15-16;/h2-12,15,28H,13-14H2,1H3;1H. The number of hydrogen-bond acceptors (Lipinski definition) is 3. The molecule has 0 aromatic heterocycles. The molecule has 1 aliphatic rings. The normalized spacial score (nSPS) is 13.0. The number of aliphatic imine (C=N–C) groups is 1. The maximum atomic E-state index is 6.14. The Labute approximate surface area is 192 Å². The van der Waals surface area contributed by atoms with E-state index >= 15 is 0 Å². The molecule has 0 radical (unpaired) electrons. The molecular weight excluding hydrogens is 439 g/mol. The lowest BCUT2D eigenvalue weighted by atomic mass is 9.97. The van der Waals surface area contributed by atoms with E-state index in [-0.39, 0.29) is 12.4 Å². The summed E-state index contributed by atoms with van der Waals surface area (Å²) >= 11 is 12.2. The number of benzodiazepines with no additional fused rings is 1. The summed E-state index contributed by atoms with van der Waals surface area (Å²) in [5, 5.41) is 4.64. The van der Waals surface area contributed by atoms with Crippen molar-refractivity contribution in [2.24, 2.45) is 4.99 Å². The summed E-state index contributed by atoms with van der Waals surface area (Å²) in [6, 6.07) is 20.0. The van der Waals surface area contributed by atoms with E-state index in [0.29, 0.717) is 16.6 Å². The van der Waals surface area contributed by atoms with Gasteiger partial charge >= 0.3 is 0 Å². The van der Waals surface area contributed by atoms with Crippen molar-refractivity contribution < 1.29 is 4.74 Å². The topological polar surface area (TPSA) is 33.6 Å². The number of ether oxygens (including phenoxy) is 1. The summed E-state index contributed by atoms with van der Waals surface area (Å²) in [5.74, 6) is 0.843. The largest absolute Gasteiger partial charge is 0.497 e. The van der Waals surface area contributed by atoms with E-state index in [0.717, 1.165) is 45.9 Å². The number of allylic oxidation sites excluding steroid dienone is 1. The molecule has 0 unspecified atom stereocenters. The minimum atomic E-state index is 0. The molecule has 3 aromatic carbocycles. The van der Waals surface area contributed by atoms with Crippen LogP contribution in [0.1, 0.15) is 11.1 Å². The molecule has 0 amide bonds. The van der Waals surface area contributed by atoms with Gasteiger partial charge in [-0.1, -0.05) is 65.7 Å². The molecule has 3 nitrogen and oxygen atoms in total. The third-order valence-corrected chi connectivity index (χ3v) is 5.55. The lowest BCUT2D eigenvalue weighted by Crippen LogP contribution is -2.05. The molecule has 0 saturated heterocycles. The number of halogens is 3. The van der Waals surface area contributed by atoms with Gasteiger partial charge in [-0.2, -0.15) is 0 Å². The lowest BCUT2D eigenvalue weighted by Gasteiger charge is -2.15. The second-order valence-electron chi connectivity index (χ2n) is 6.66. The molecule has 1 aliphatic heterocycles. The van der Waals surface area contributed by atoms with Gasteiger partial charge in [-0.25, -0.2) is 0 Å². The van der Waals surface area contributed by atoms with Crippen molar-refractivity contribution in [2.45, 2.75) is 0 Å². The van der Waals surface area contributed by atoms with Gasteiger partial charge in [0.05, 0.1) is 35.1 Å². The Kier molecular flexibility index (Phi) is 7.43. The highest BCUT2D eigenvalue weighted by Gasteiger charge is 2.15. The summed E-state index contributed by atoms with van der Waals surface area (Å²) < 4.78 is 5.28. The van der Waals surface area contributed by atoms with Gasteiger partial charge < -0.3 is 10.1 Å². The predicted octanol–water partition coefficient (Wildman–Crippen LogP) is 7.02.